The monoisotopic (exact) mass is 318 g/mol. The number of hydrogen-bond donors (Lipinski definition) is 0. The highest BCUT2D eigenvalue weighted by Gasteiger charge is 2.17. The second kappa shape index (κ2) is 8.96. The summed E-state index contributed by atoms with van der Waals surface area (Å²) >= 11 is 0. The van der Waals surface area contributed by atoms with Gasteiger partial charge in [0.15, 0.2) is 0 Å². The Morgan fingerprint density at radius 1 is 1.24 bits per heavy atom. The van der Waals surface area contributed by atoms with E-state index >= 15 is 0 Å². The molecule has 0 saturated heterocycles. The van der Waals surface area contributed by atoms with Crippen LogP contribution in [-0.4, -0.2) is 74.8 Å². The first-order valence-electron chi connectivity index (χ1n) is 6.87. The Morgan fingerprint density at radius 2 is 1.86 bits per heavy atom. The Bertz CT molecular complexity index is 481. The lowest BCUT2D eigenvalue weighted by Gasteiger charge is -2.31. The molecule has 0 aliphatic rings. The summed E-state index contributed by atoms with van der Waals surface area (Å²) in [7, 11) is 1.48. The highest BCUT2D eigenvalue weighted by atomic mass is 32.2. The Kier molecular flexibility index (Phi) is 8.46. The zero-order chi connectivity index (χ0) is 16.5. The highest BCUT2D eigenvalue weighted by Crippen LogP contribution is 2.02. The molecule has 122 valence electrons. The van der Waals surface area contributed by atoms with Gasteiger partial charge in [-0.1, -0.05) is 18.2 Å². The number of hydrogen-bond acceptors (Lipinski definition) is 4. The number of quaternary nitrogens is 1. The zero-order valence-corrected chi connectivity index (χ0v) is 14.1. The molecule has 0 aliphatic carbocycles. The molecule has 21 heavy (non-hydrogen) atoms. The first-order chi connectivity index (χ1) is 9.57. The molecule has 0 heterocycles. The topological polar surface area (TPSA) is 77.5 Å². The number of carbonyl (C=O) groups is 1. The van der Waals surface area contributed by atoms with Crippen molar-refractivity contribution in [2.24, 2.45) is 0 Å². The average molecular weight is 318 g/mol. The van der Waals surface area contributed by atoms with E-state index in [0.717, 1.165) is 0 Å². The number of likely N-dealkylation sites (N-methyl/N-ethyl adjacent to an activating group) is 2. The first-order valence-corrected chi connectivity index (χ1v) is 8.45. The van der Waals surface area contributed by atoms with Crippen LogP contribution in [0.3, 0.4) is 0 Å². The molecule has 0 bridgehead atoms. The smallest absolute Gasteiger partial charge is 0.246 e. The van der Waals surface area contributed by atoms with Gasteiger partial charge < -0.3 is 13.9 Å². The van der Waals surface area contributed by atoms with Crippen molar-refractivity contribution in [3.63, 3.8) is 0 Å². The molecule has 0 aliphatic heterocycles. The van der Waals surface area contributed by atoms with Gasteiger partial charge in [-0.15, -0.1) is 0 Å². The van der Waals surface area contributed by atoms with E-state index in [1.807, 2.05) is 27.1 Å². The fourth-order valence-electron chi connectivity index (χ4n) is 1.69. The average Bonchev–Trinajstić information content (AvgIpc) is 2.34. The van der Waals surface area contributed by atoms with Crippen molar-refractivity contribution >= 4 is 16.0 Å². The van der Waals surface area contributed by atoms with Gasteiger partial charge in [-0.25, -0.2) is 8.42 Å². The molecule has 0 N–H and O–H groups in total. The maximum Gasteiger partial charge on any atom is 0.246 e. The molecule has 6 nitrogen and oxygen atoms in total. The van der Waals surface area contributed by atoms with Gasteiger partial charge in [0.2, 0.25) is 5.91 Å². The van der Waals surface area contributed by atoms with Gasteiger partial charge in [0.25, 0.3) is 0 Å². The Balaban J connectivity index is 4.20. The van der Waals surface area contributed by atoms with Crippen LogP contribution >= 0.6 is 0 Å². The molecule has 0 saturated carbocycles. The number of amides is 1. The summed E-state index contributed by atoms with van der Waals surface area (Å²) in [4.78, 5) is 13.4. The summed E-state index contributed by atoms with van der Waals surface area (Å²) in [5.41, 5.74) is 0. The molecule has 7 heteroatoms. The van der Waals surface area contributed by atoms with Gasteiger partial charge >= 0.3 is 0 Å². The van der Waals surface area contributed by atoms with E-state index in [0.29, 0.717) is 30.5 Å². The standard InChI is InChI=1S/C14H26N2O4S/c1-5-6-7-9-14(17)15(2)10-12-16(3,4)11-8-13-21(18,19)20/h5-7,9H,8,10-13H2,1-4H3. The van der Waals surface area contributed by atoms with Crippen LogP contribution in [0.5, 0.6) is 0 Å². The lowest BCUT2D eigenvalue weighted by molar-refractivity contribution is -0.889. The van der Waals surface area contributed by atoms with Gasteiger partial charge in [0.1, 0.15) is 0 Å². The molecular formula is C14H26N2O4S. The summed E-state index contributed by atoms with van der Waals surface area (Å²) in [6.45, 7) is 3.72. The van der Waals surface area contributed by atoms with Crippen molar-refractivity contribution in [3.05, 3.63) is 24.3 Å². The van der Waals surface area contributed by atoms with Crippen LogP contribution in [0.25, 0.3) is 0 Å². The SMILES string of the molecule is CC=CC=CC(=O)N(C)CC[N+](C)(C)CCCS(=O)(=O)[O-]. The zero-order valence-electron chi connectivity index (χ0n) is 13.3. The van der Waals surface area contributed by atoms with Crippen LogP contribution in [-0.2, 0) is 14.9 Å². The lowest BCUT2D eigenvalue weighted by atomic mass is 10.3. The predicted molar refractivity (Wildman–Crippen MR) is 82.6 cm³/mol. The summed E-state index contributed by atoms with van der Waals surface area (Å²) in [5.74, 6) is -0.412. The van der Waals surface area contributed by atoms with Crippen molar-refractivity contribution in [1.82, 2.24) is 4.90 Å². The summed E-state index contributed by atoms with van der Waals surface area (Å²) < 4.78 is 32.3. The maximum absolute atomic E-state index is 11.8. The summed E-state index contributed by atoms with van der Waals surface area (Å²) in [6.07, 6.45) is 7.16. The molecule has 0 spiro atoms. The fraction of sp³-hybridized carbons (Fsp3) is 0.643. The van der Waals surface area contributed by atoms with E-state index in [1.54, 1.807) is 24.1 Å². The second-order valence-electron chi connectivity index (χ2n) is 5.64. The van der Waals surface area contributed by atoms with Crippen molar-refractivity contribution in [1.29, 1.82) is 0 Å². The van der Waals surface area contributed by atoms with Gasteiger partial charge in [-0.3, -0.25) is 4.79 Å². The second-order valence-corrected chi connectivity index (χ2v) is 7.17. The third-order valence-corrected chi connectivity index (χ3v) is 3.91. The molecule has 0 aromatic carbocycles. The van der Waals surface area contributed by atoms with Crippen LogP contribution in [0.2, 0.25) is 0 Å². The number of rotatable bonds is 9. The van der Waals surface area contributed by atoms with Crippen molar-refractivity contribution < 1.29 is 22.2 Å². The Hall–Kier alpha value is -1.18. The van der Waals surface area contributed by atoms with E-state index in [1.165, 1.54) is 6.08 Å². The quantitative estimate of drug-likeness (QED) is 0.270. The minimum Gasteiger partial charge on any atom is -0.748 e. The number of nitrogens with zero attached hydrogens (tertiary/aromatic N) is 2. The molecule has 0 radical (unpaired) electrons. The van der Waals surface area contributed by atoms with E-state index in [2.05, 4.69) is 0 Å². The molecule has 0 unspecified atom stereocenters. The molecule has 0 aromatic heterocycles. The van der Waals surface area contributed by atoms with Crippen LogP contribution in [0.4, 0.5) is 0 Å². The molecule has 0 rings (SSSR count). The lowest BCUT2D eigenvalue weighted by Crippen LogP contribution is -2.46. The van der Waals surface area contributed by atoms with E-state index in [-0.39, 0.29) is 11.7 Å². The van der Waals surface area contributed by atoms with E-state index in [9.17, 15) is 17.8 Å². The van der Waals surface area contributed by atoms with Crippen LogP contribution < -0.4 is 0 Å². The normalized spacial score (nSPS) is 13.2. The fourth-order valence-corrected chi connectivity index (χ4v) is 2.17. The van der Waals surface area contributed by atoms with Gasteiger partial charge in [-0.05, 0) is 6.92 Å². The first kappa shape index (κ1) is 19.8. The highest BCUT2D eigenvalue weighted by molar-refractivity contribution is 7.85. The molecule has 1 amide bonds. The summed E-state index contributed by atoms with van der Waals surface area (Å²) in [5, 5.41) is 0. The third-order valence-electron chi connectivity index (χ3n) is 3.12. The summed E-state index contributed by atoms with van der Waals surface area (Å²) in [6, 6.07) is 0. The van der Waals surface area contributed by atoms with Crippen LogP contribution in [0, 0.1) is 0 Å². The number of carbonyl (C=O) groups excluding carboxylic acids is 1. The minimum atomic E-state index is -4.14. The van der Waals surface area contributed by atoms with E-state index < -0.39 is 10.1 Å². The van der Waals surface area contributed by atoms with Crippen LogP contribution in [0.1, 0.15) is 13.3 Å². The van der Waals surface area contributed by atoms with Crippen molar-refractivity contribution in [2.75, 3.05) is 46.5 Å². The molecule has 0 atom stereocenters. The molecule has 0 aromatic rings. The molecule has 0 fully saturated rings. The van der Waals surface area contributed by atoms with Crippen molar-refractivity contribution in [3.8, 4) is 0 Å². The van der Waals surface area contributed by atoms with Gasteiger partial charge in [0.05, 0.1) is 43.8 Å². The molecular weight excluding hydrogens is 292 g/mol. The van der Waals surface area contributed by atoms with E-state index in [4.69, 9.17) is 0 Å². The third kappa shape index (κ3) is 11.2. The van der Waals surface area contributed by atoms with Gasteiger partial charge in [0, 0.05) is 25.3 Å². The van der Waals surface area contributed by atoms with Crippen molar-refractivity contribution in [2.45, 2.75) is 13.3 Å². The Morgan fingerprint density at radius 3 is 2.38 bits per heavy atom. The van der Waals surface area contributed by atoms with Crippen LogP contribution in [0.15, 0.2) is 24.3 Å². The Labute approximate surface area is 128 Å². The predicted octanol–water partition coefficient (Wildman–Crippen LogP) is 0.589. The largest absolute Gasteiger partial charge is 0.748 e. The number of allylic oxidation sites excluding steroid dienone is 3. The minimum absolute atomic E-state index is 0.0739. The maximum atomic E-state index is 11.8. The van der Waals surface area contributed by atoms with Gasteiger partial charge in [-0.2, -0.15) is 0 Å².